The number of benzene rings is 3. The highest BCUT2D eigenvalue weighted by molar-refractivity contribution is 5.84. The summed E-state index contributed by atoms with van der Waals surface area (Å²) in [4.78, 5) is 0. The van der Waals surface area contributed by atoms with Gasteiger partial charge in [-0.15, -0.1) is 13.2 Å². The molecule has 3 aromatic carbocycles. The average Bonchev–Trinajstić information content (AvgIpc) is 2.92. The van der Waals surface area contributed by atoms with Crippen LogP contribution in [0.25, 0.3) is 10.8 Å². The van der Waals surface area contributed by atoms with Crippen molar-refractivity contribution in [3.05, 3.63) is 77.1 Å². The summed E-state index contributed by atoms with van der Waals surface area (Å²) in [6, 6.07) is 15.1. The second kappa shape index (κ2) is 14.1. The first-order chi connectivity index (χ1) is 18.8. The Bertz CT molecular complexity index is 1170. The molecule has 1 fully saturated rings. The number of fused-ring (bicyclic) bond motifs is 1. The van der Waals surface area contributed by atoms with Crippen LogP contribution in [0.4, 0.5) is 17.6 Å². The number of aryl methyl sites for hydroxylation is 3. The molecule has 3 aromatic rings. The molecule has 0 spiro atoms. The SMILES string of the molecule is CCCCCCOC1COC(CCc2ccc3c(F)c(CCc4ccc(OC(F)(F)F)cc4)ccc3c2)OC1. The van der Waals surface area contributed by atoms with Crippen molar-refractivity contribution in [1.82, 2.24) is 0 Å². The lowest BCUT2D eigenvalue weighted by Gasteiger charge is -2.29. The van der Waals surface area contributed by atoms with E-state index in [4.69, 9.17) is 14.2 Å². The van der Waals surface area contributed by atoms with Crippen LogP contribution in [0.15, 0.2) is 54.6 Å². The molecule has 0 radical (unpaired) electrons. The van der Waals surface area contributed by atoms with Gasteiger partial charge in [0.1, 0.15) is 17.7 Å². The van der Waals surface area contributed by atoms with Gasteiger partial charge in [-0.2, -0.15) is 0 Å². The Balaban J connectivity index is 1.24. The molecule has 1 aliphatic rings. The molecule has 0 aliphatic carbocycles. The fourth-order valence-corrected chi connectivity index (χ4v) is 4.72. The Morgan fingerprint density at radius 2 is 1.59 bits per heavy atom. The highest BCUT2D eigenvalue weighted by Gasteiger charge is 2.31. The lowest BCUT2D eigenvalue weighted by molar-refractivity contribution is -0.274. The summed E-state index contributed by atoms with van der Waals surface area (Å²) < 4.78 is 73.6. The Morgan fingerprint density at radius 1 is 0.846 bits per heavy atom. The number of ether oxygens (including phenoxy) is 4. The largest absolute Gasteiger partial charge is 0.573 e. The Kier molecular flexibility index (Phi) is 10.6. The molecule has 1 aliphatic heterocycles. The van der Waals surface area contributed by atoms with Crippen molar-refractivity contribution in [3.63, 3.8) is 0 Å². The molecule has 0 unspecified atom stereocenters. The normalized spacial score (nSPS) is 18.0. The molecule has 0 aromatic heterocycles. The van der Waals surface area contributed by atoms with Crippen LogP contribution in [-0.4, -0.2) is 38.6 Å². The van der Waals surface area contributed by atoms with E-state index in [1.165, 1.54) is 31.4 Å². The highest BCUT2D eigenvalue weighted by atomic mass is 19.4. The fourth-order valence-electron chi connectivity index (χ4n) is 4.72. The second-order valence-corrected chi connectivity index (χ2v) is 9.97. The van der Waals surface area contributed by atoms with E-state index >= 15 is 4.39 Å². The van der Waals surface area contributed by atoms with Gasteiger partial charge in [0.15, 0.2) is 6.29 Å². The first-order valence-corrected chi connectivity index (χ1v) is 13.7. The summed E-state index contributed by atoms with van der Waals surface area (Å²) in [5, 5.41) is 1.37. The predicted molar refractivity (Wildman–Crippen MR) is 142 cm³/mol. The molecule has 1 saturated heterocycles. The molecular formula is C31H36F4O4. The van der Waals surface area contributed by atoms with E-state index in [1.807, 2.05) is 18.2 Å². The summed E-state index contributed by atoms with van der Waals surface area (Å²) in [6.07, 6.45) is 2.08. The van der Waals surface area contributed by atoms with Gasteiger partial charge in [0.25, 0.3) is 0 Å². The number of unbranched alkanes of at least 4 members (excludes halogenated alkanes) is 3. The van der Waals surface area contributed by atoms with Gasteiger partial charge in [0, 0.05) is 18.4 Å². The zero-order valence-corrected chi connectivity index (χ0v) is 22.3. The van der Waals surface area contributed by atoms with Crippen LogP contribution < -0.4 is 4.74 Å². The van der Waals surface area contributed by atoms with Crippen molar-refractivity contribution >= 4 is 10.8 Å². The summed E-state index contributed by atoms with van der Waals surface area (Å²) in [7, 11) is 0. The number of alkyl halides is 3. The minimum atomic E-state index is -4.72. The summed E-state index contributed by atoms with van der Waals surface area (Å²) >= 11 is 0. The van der Waals surface area contributed by atoms with Gasteiger partial charge >= 0.3 is 6.36 Å². The molecule has 1 heterocycles. The van der Waals surface area contributed by atoms with Crippen molar-refractivity contribution in [3.8, 4) is 5.75 Å². The summed E-state index contributed by atoms with van der Waals surface area (Å²) in [5.41, 5.74) is 2.45. The molecule has 0 amide bonds. The molecule has 0 saturated carbocycles. The van der Waals surface area contributed by atoms with E-state index in [2.05, 4.69) is 11.7 Å². The lowest BCUT2D eigenvalue weighted by Crippen LogP contribution is -2.37. The minimum absolute atomic E-state index is 0.0107. The van der Waals surface area contributed by atoms with Crippen LogP contribution in [-0.2, 0) is 33.5 Å². The fraction of sp³-hybridized carbons (Fsp3) is 0.484. The standard InChI is InChI=1S/C31H36F4O4/c1-2-3-4-5-18-36-27-20-37-29(38-21-27)17-10-23-9-16-28-25(19-23)13-12-24(30(28)32)11-6-22-7-14-26(15-8-22)39-31(33,34)35/h7-9,12-16,19,27,29H,2-6,10-11,17-18,20-21H2,1H3. The van der Waals surface area contributed by atoms with Crippen LogP contribution in [0, 0.1) is 5.82 Å². The first-order valence-electron chi connectivity index (χ1n) is 13.7. The quantitative estimate of drug-likeness (QED) is 0.161. The zero-order chi connectivity index (χ0) is 27.7. The van der Waals surface area contributed by atoms with Crippen molar-refractivity contribution in [2.45, 2.75) is 77.0 Å². The highest BCUT2D eigenvalue weighted by Crippen LogP contribution is 2.26. The summed E-state index contributed by atoms with van der Waals surface area (Å²) in [6.45, 7) is 4.00. The number of hydrogen-bond acceptors (Lipinski definition) is 4. The molecule has 0 N–H and O–H groups in total. The molecule has 4 nitrogen and oxygen atoms in total. The average molecular weight is 549 g/mol. The second-order valence-electron chi connectivity index (χ2n) is 9.97. The van der Waals surface area contributed by atoms with Crippen molar-refractivity contribution < 1.29 is 36.5 Å². The molecular weight excluding hydrogens is 512 g/mol. The van der Waals surface area contributed by atoms with E-state index in [0.29, 0.717) is 43.4 Å². The van der Waals surface area contributed by atoms with Crippen LogP contribution in [0.5, 0.6) is 5.75 Å². The van der Waals surface area contributed by atoms with E-state index < -0.39 is 6.36 Å². The Hall–Kier alpha value is -2.68. The number of hydrogen-bond donors (Lipinski definition) is 0. The third-order valence-corrected chi connectivity index (χ3v) is 6.89. The molecule has 8 heteroatoms. The van der Waals surface area contributed by atoms with Crippen molar-refractivity contribution in [2.24, 2.45) is 0 Å². The van der Waals surface area contributed by atoms with Gasteiger partial charge in [-0.3, -0.25) is 0 Å². The smallest absolute Gasteiger partial charge is 0.406 e. The molecule has 0 atom stereocenters. The van der Waals surface area contributed by atoms with E-state index in [-0.39, 0.29) is 24.0 Å². The third-order valence-electron chi connectivity index (χ3n) is 6.89. The molecule has 212 valence electrons. The zero-order valence-electron chi connectivity index (χ0n) is 22.3. The van der Waals surface area contributed by atoms with E-state index in [1.54, 1.807) is 24.3 Å². The maximum atomic E-state index is 15.2. The van der Waals surface area contributed by atoms with Gasteiger partial charge in [0.05, 0.1) is 13.2 Å². The third kappa shape index (κ3) is 9.19. The molecule has 39 heavy (non-hydrogen) atoms. The predicted octanol–water partition coefficient (Wildman–Crippen LogP) is 7.93. The maximum Gasteiger partial charge on any atom is 0.573 e. The molecule has 4 rings (SSSR count). The van der Waals surface area contributed by atoms with E-state index in [9.17, 15) is 13.2 Å². The van der Waals surface area contributed by atoms with Gasteiger partial charge in [-0.1, -0.05) is 68.7 Å². The van der Waals surface area contributed by atoms with Gasteiger partial charge in [-0.05, 0) is 59.9 Å². The monoisotopic (exact) mass is 548 g/mol. The Morgan fingerprint density at radius 3 is 2.31 bits per heavy atom. The van der Waals surface area contributed by atoms with Crippen molar-refractivity contribution in [1.29, 1.82) is 0 Å². The van der Waals surface area contributed by atoms with E-state index in [0.717, 1.165) is 36.0 Å². The topological polar surface area (TPSA) is 36.9 Å². The molecule has 0 bridgehead atoms. The van der Waals surface area contributed by atoms with Gasteiger partial charge in [-0.25, -0.2) is 4.39 Å². The van der Waals surface area contributed by atoms with Crippen LogP contribution >= 0.6 is 0 Å². The van der Waals surface area contributed by atoms with Crippen LogP contribution in [0.3, 0.4) is 0 Å². The maximum absolute atomic E-state index is 15.2. The minimum Gasteiger partial charge on any atom is -0.406 e. The number of halogens is 4. The first kappa shape index (κ1) is 29.3. The number of rotatable bonds is 13. The van der Waals surface area contributed by atoms with Crippen LogP contribution in [0.2, 0.25) is 0 Å². The van der Waals surface area contributed by atoms with Gasteiger partial charge in [0.2, 0.25) is 0 Å². The lowest BCUT2D eigenvalue weighted by atomic mass is 9.98. The van der Waals surface area contributed by atoms with Crippen LogP contribution in [0.1, 0.15) is 55.7 Å². The van der Waals surface area contributed by atoms with Gasteiger partial charge < -0.3 is 18.9 Å². The Labute approximate surface area is 227 Å². The van der Waals surface area contributed by atoms with Crippen molar-refractivity contribution in [2.75, 3.05) is 19.8 Å². The summed E-state index contributed by atoms with van der Waals surface area (Å²) in [5.74, 6) is -0.539.